The molecular formula is C14H13N3OS. The standard InChI is InChI=1S/C14H13N3OS/c1-8-4-3-5-10(6-8)12-13(18-17-14(12)15)11-7-19-9(2)16-11/h3-7H,1-2H3,(H2,15,17). The molecular weight excluding hydrogens is 258 g/mol. The van der Waals surface area contributed by atoms with Crippen molar-refractivity contribution in [3.05, 3.63) is 40.2 Å². The largest absolute Gasteiger partial charge is 0.380 e. The molecule has 0 atom stereocenters. The average Bonchev–Trinajstić information content (AvgIpc) is 2.95. The highest BCUT2D eigenvalue weighted by Gasteiger charge is 2.19. The third-order valence-electron chi connectivity index (χ3n) is 2.88. The quantitative estimate of drug-likeness (QED) is 0.772. The fraction of sp³-hybridized carbons (Fsp3) is 0.143. The van der Waals surface area contributed by atoms with Crippen LogP contribution >= 0.6 is 11.3 Å². The summed E-state index contributed by atoms with van der Waals surface area (Å²) in [5, 5.41) is 6.81. The molecule has 19 heavy (non-hydrogen) atoms. The second-order valence-electron chi connectivity index (χ2n) is 4.39. The number of hydrogen-bond acceptors (Lipinski definition) is 5. The predicted octanol–water partition coefficient (Wildman–Crippen LogP) is 3.66. The number of nitrogen functional groups attached to an aromatic ring is 1. The van der Waals surface area contributed by atoms with Gasteiger partial charge in [0, 0.05) is 5.38 Å². The van der Waals surface area contributed by atoms with Crippen molar-refractivity contribution in [3.8, 4) is 22.6 Å². The molecule has 4 nitrogen and oxygen atoms in total. The summed E-state index contributed by atoms with van der Waals surface area (Å²) >= 11 is 1.58. The van der Waals surface area contributed by atoms with Crippen LogP contribution in [0.2, 0.25) is 0 Å². The van der Waals surface area contributed by atoms with Crippen molar-refractivity contribution in [2.24, 2.45) is 0 Å². The van der Waals surface area contributed by atoms with Crippen LogP contribution in [0.3, 0.4) is 0 Å². The lowest BCUT2D eigenvalue weighted by Crippen LogP contribution is -1.89. The van der Waals surface area contributed by atoms with Gasteiger partial charge in [-0.25, -0.2) is 4.98 Å². The Labute approximate surface area is 114 Å². The lowest BCUT2D eigenvalue weighted by Gasteiger charge is -2.02. The van der Waals surface area contributed by atoms with Crippen LogP contribution in [0.25, 0.3) is 22.6 Å². The SMILES string of the molecule is Cc1cccc(-c2c(N)noc2-c2csc(C)n2)c1. The van der Waals surface area contributed by atoms with E-state index in [9.17, 15) is 0 Å². The summed E-state index contributed by atoms with van der Waals surface area (Å²) < 4.78 is 5.36. The Hall–Kier alpha value is -2.14. The van der Waals surface area contributed by atoms with E-state index in [-0.39, 0.29) is 0 Å². The molecule has 96 valence electrons. The van der Waals surface area contributed by atoms with Gasteiger partial charge in [-0.15, -0.1) is 11.3 Å². The third kappa shape index (κ3) is 2.13. The van der Waals surface area contributed by atoms with Crippen LogP contribution in [0, 0.1) is 13.8 Å². The van der Waals surface area contributed by atoms with Crippen LogP contribution in [0.1, 0.15) is 10.6 Å². The van der Waals surface area contributed by atoms with Crippen LogP contribution in [-0.2, 0) is 0 Å². The second-order valence-corrected chi connectivity index (χ2v) is 5.46. The predicted molar refractivity (Wildman–Crippen MR) is 76.9 cm³/mol. The van der Waals surface area contributed by atoms with E-state index in [1.54, 1.807) is 11.3 Å². The number of benzene rings is 1. The average molecular weight is 271 g/mol. The maximum absolute atomic E-state index is 5.94. The zero-order chi connectivity index (χ0) is 13.4. The van der Waals surface area contributed by atoms with Gasteiger partial charge in [-0.05, 0) is 19.4 Å². The van der Waals surface area contributed by atoms with Crippen molar-refractivity contribution in [2.45, 2.75) is 13.8 Å². The molecule has 1 aromatic carbocycles. The molecule has 0 aliphatic heterocycles. The maximum Gasteiger partial charge on any atom is 0.196 e. The highest BCUT2D eigenvalue weighted by atomic mass is 32.1. The fourth-order valence-corrected chi connectivity index (χ4v) is 2.62. The number of rotatable bonds is 2. The van der Waals surface area contributed by atoms with Crippen molar-refractivity contribution in [1.29, 1.82) is 0 Å². The molecule has 0 saturated heterocycles. The van der Waals surface area contributed by atoms with Crippen LogP contribution in [0.5, 0.6) is 0 Å². The van der Waals surface area contributed by atoms with Crippen LogP contribution in [-0.4, -0.2) is 10.1 Å². The van der Waals surface area contributed by atoms with E-state index in [4.69, 9.17) is 10.3 Å². The lowest BCUT2D eigenvalue weighted by molar-refractivity contribution is 0.435. The minimum Gasteiger partial charge on any atom is -0.380 e. The summed E-state index contributed by atoms with van der Waals surface area (Å²) in [6.45, 7) is 4.00. The van der Waals surface area contributed by atoms with E-state index < -0.39 is 0 Å². The molecule has 0 bridgehead atoms. The van der Waals surface area contributed by atoms with Gasteiger partial charge in [0.25, 0.3) is 0 Å². The Kier molecular flexibility index (Phi) is 2.83. The molecule has 3 aromatic rings. The molecule has 0 saturated carbocycles. The van der Waals surface area contributed by atoms with Gasteiger partial charge in [-0.3, -0.25) is 0 Å². The maximum atomic E-state index is 5.94. The first-order valence-corrected chi connectivity index (χ1v) is 6.78. The molecule has 5 heteroatoms. The molecule has 2 aromatic heterocycles. The van der Waals surface area contributed by atoms with Crippen LogP contribution in [0.15, 0.2) is 34.2 Å². The van der Waals surface area contributed by atoms with Gasteiger partial charge in [-0.1, -0.05) is 35.0 Å². The van der Waals surface area contributed by atoms with Gasteiger partial charge in [0.15, 0.2) is 11.6 Å². The smallest absolute Gasteiger partial charge is 0.196 e. The first-order valence-electron chi connectivity index (χ1n) is 5.90. The number of anilines is 1. The Morgan fingerprint density at radius 2 is 2.11 bits per heavy atom. The first kappa shape index (κ1) is 11.9. The summed E-state index contributed by atoms with van der Waals surface area (Å²) in [6, 6.07) is 8.09. The Balaban J connectivity index is 2.19. The van der Waals surface area contributed by atoms with Gasteiger partial charge in [-0.2, -0.15) is 0 Å². The monoisotopic (exact) mass is 271 g/mol. The molecule has 2 heterocycles. The van der Waals surface area contributed by atoms with Crippen molar-refractivity contribution < 1.29 is 4.52 Å². The normalized spacial score (nSPS) is 10.8. The molecule has 0 unspecified atom stereocenters. The fourth-order valence-electron chi connectivity index (χ4n) is 2.02. The number of aryl methyl sites for hydroxylation is 2. The van der Waals surface area contributed by atoms with Gasteiger partial charge >= 0.3 is 0 Å². The molecule has 2 N–H and O–H groups in total. The van der Waals surface area contributed by atoms with Crippen molar-refractivity contribution >= 4 is 17.2 Å². The highest BCUT2D eigenvalue weighted by molar-refractivity contribution is 7.09. The zero-order valence-electron chi connectivity index (χ0n) is 10.7. The lowest BCUT2D eigenvalue weighted by atomic mass is 10.0. The van der Waals surface area contributed by atoms with E-state index in [0.29, 0.717) is 11.6 Å². The molecule has 0 amide bonds. The Bertz CT molecular complexity index is 730. The van der Waals surface area contributed by atoms with E-state index in [0.717, 1.165) is 21.8 Å². The Morgan fingerprint density at radius 1 is 1.26 bits per heavy atom. The van der Waals surface area contributed by atoms with E-state index in [1.165, 1.54) is 5.56 Å². The summed E-state index contributed by atoms with van der Waals surface area (Å²) in [7, 11) is 0. The topological polar surface area (TPSA) is 64.9 Å². The highest BCUT2D eigenvalue weighted by Crippen LogP contribution is 2.36. The molecule has 0 aliphatic rings. The van der Waals surface area contributed by atoms with Crippen molar-refractivity contribution in [2.75, 3.05) is 5.73 Å². The summed E-state index contributed by atoms with van der Waals surface area (Å²) in [6.07, 6.45) is 0. The summed E-state index contributed by atoms with van der Waals surface area (Å²) in [4.78, 5) is 4.43. The van der Waals surface area contributed by atoms with Gasteiger partial charge in [0.2, 0.25) is 0 Å². The van der Waals surface area contributed by atoms with E-state index in [1.807, 2.05) is 37.4 Å². The first-order chi connectivity index (χ1) is 9.15. The third-order valence-corrected chi connectivity index (χ3v) is 3.65. The van der Waals surface area contributed by atoms with Gasteiger partial charge in [0.1, 0.15) is 5.69 Å². The van der Waals surface area contributed by atoms with Crippen LogP contribution in [0.4, 0.5) is 5.82 Å². The minimum absolute atomic E-state index is 0.395. The molecule has 0 radical (unpaired) electrons. The molecule has 0 fully saturated rings. The van der Waals surface area contributed by atoms with Gasteiger partial charge in [0.05, 0.1) is 10.6 Å². The summed E-state index contributed by atoms with van der Waals surface area (Å²) in [5.41, 5.74) is 9.70. The molecule has 0 aliphatic carbocycles. The molecule has 3 rings (SSSR count). The van der Waals surface area contributed by atoms with Crippen molar-refractivity contribution in [3.63, 3.8) is 0 Å². The van der Waals surface area contributed by atoms with E-state index >= 15 is 0 Å². The zero-order valence-corrected chi connectivity index (χ0v) is 11.5. The number of nitrogens with zero attached hydrogens (tertiary/aromatic N) is 2. The van der Waals surface area contributed by atoms with Crippen molar-refractivity contribution in [1.82, 2.24) is 10.1 Å². The van der Waals surface area contributed by atoms with Gasteiger partial charge < -0.3 is 10.3 Å². The van der Waals surface area contributed by atoms with Crippen LogP contribution < -0.4 is 5.73 Å². The Morgan fingerprint density at radius 3 is 2.79 bits per heavy atom. The van der Waals surface area contributed by atoms with E-state index in [2.05, 4.69) is 16.2 Å². The molecule has 0 spiro atoms. The second kappa shape index (κ2) is 4.51. The number of thiazole rings is 1. The minimum atomic E-state index is 0.395. The number of hydrogen-bond donors (Lipinski definition) is 1. The number of nitrogens with two attached hydrogens (primary N) is 1. The number of aromatic nitrogens is 2. The summed E-state index contributed by atoms with van der Waals surface area (Å²) in [5.74, 6) is 1.03.